The minimum Gasteiger partial charge on any atom is -0.367 e. The summed E-state index contributed by atoms with van der Waals surface area (Å²) in [5.41, 5.74) is -0.314. The van der Waals surface area contributed by atoms with Crippen LogP contribution in [0.15, 0.2) is 4.52 Å². The van der Waals surface area contributed by atoms with Gasteiger partial charge in [0.2, 0.25) is 11.7 Å². The highest BCUT2D eigenvalue weighted by Gasteiger charge is 2.39. The van der Waals surface area contributed by atoms with E-state index < -0.39 is 0 Å². The van der Waals surface area contributed by atoms with Crippen molar-refractivity contribution in [2.24, 2.45) is 0 Å². The minimum absolute atomic E-state index is 0.237. The van der Waals surface area contributed by atoms with E-state index in [0.717, 1.165) is 37.5 Å². The van der Waals surface area contributed by atoms with Gasteiger partial charge in [0.1, 0.15) is 5.60 Å². The first-order chi connectivity index (χ1) is 9.84. The third-order valence-corrected chi connectivity index (χ3v) is 4.54. The first-order valence-electron chi connectivity index (χ1n) is 8.05. The number of hydrogen-bond acceptors (Lipinski definition) is 5. The summed E-state index contributed by atoms with van der Waals surface area (Å²) in [5.74, 6) is 1.51. The Morgan fingerprint density at radius 3 is 2.70 bits per heavy atom. The van der Waals surface area contributed by atoms with E-state index >= 15 is 0 Å². The highest BCUT2D eigenvalue weighted by atomic mass is 16.5. The van der Waals surface area contributed by atoms with Gasteiger partial charge in [0.25, 0.3) is 0 Å². The van der Waals surface area contributed by atoms with E-state index in [4.69, 9.17) is 9.26 Å². The van der Waals surface area contributed by atoms with Crippen molar-refractivity contribution in [2.45, 2.75) is 69.9 Å². The van der Waals surface area contributed by atoms with Crippen LogP contribution in [0.2, 0.25) is 0 Å². The fourth-order valence-electron chi connectivity index (χ4n) is 3.47. The van der Waals surface area contributed by atoms with Crippen LogP contribution in [0, 0.1) is 0 Å². The second kappa shape index (κ2) is 6.22. The lowest BCUT2D eigenvalue weighted by molar-refractivity contribution is -0.0636. The van der Waals surface area contributed by atoms with E-state index in [9.17, 15) is 0 Å². The summed E-state index contributed by atoms with van der Waals surface area (Å²) in [7, 11) is 0. The van der Waals surface area contributed by atoms with E-state index in [1.807, 2.05) is 6.92 Å². The van der Waals surface area contributed by atoms with Crippen LogP contribution in [0.3, 0.4) is 0 Å². The topological polar surface area (TPSA) is 60.2 Å². The molecule has 0 aromatic carbocycles. The lowest BCUT2D eigenvalue weighted by Gasteiger charge is -2.29. The van der Waals surface area contributed by atoms with E-state index in [-0.39, 0.29) is 11.6 Å². The SMILES string of the molecule is CCOC1(c2noc([C@@H]3CCCN3)n2)CCCCCC1. The monoisotopic (exact) mass is 279 g/mol. The van der Waals surface area contributed by atoms with E-state index in [2.05, 4.69) is 15.5 Å². The lowest BCUT2D eigenvalue weighted by atomic mass is 9.93. The van der Waals surface area contributed by atoms with Crippen LogP contribution in [0.25, 0.3) is 0 Å². The second-order valence-corrected chi connectivity index (χ2v) is 5.95. The molecule has 0 unspecified atom stereocenters. The average Bonchev–Trinajstić information content (AvgIpc) is 3.09. The minimum atomic E-state index is -0.314. The Hall–Kier alpha value is -0.940. The predicted octanol–water partition coefficient (Wildman–Crippen LogP) is 3.08. The van der Waals surface area contributed by atoms with Gasteiger partial charge in [-0.3, -0.25) is 0 Å². The van der Waals surface area contributed by atoms with E-state index in [1.54, 1.807) is 0 Å². The van der Waals surface area contributed by atoms with Gasteiger partial charge >= 0.3 is 0 Å². The van der Waals surface area contributed by atoms with Crippen LogP contribution in [0.4, 0.5) is 0 Å². The summed E-state index contributed by atoms with van der Waals surface area (Å²) in [6, 6.07) is 0.237. The molecule has 1 aromatic heterocycles. The molecule has 5 nitrogen and oxygen atoms in total. The van der Waals surface area contributed by atoms with Gasteiger partial charge in [-0.2, -0.15) is 4.98 Å². The molecule has 2 heterocycles. The molecule has 20 heavy (non-hydrogen) atoms. The van der Waals surface area contributed by atoms with Crippen molar-refractivity contribution in [3.8, 4) is 0 Å². The molecular weight excluding hydrogens is 254 g/mol. The molecule has 1 aromatic rings. The average molecular weight is 279 g/mol. The van der Waals surface area contributed by atoms with Crippen LogP contribution in [-0.2, 0) is 10.3 Å². The smallest absolute Gasteiger partial charge is 0.243 e. The number of ether oxygens (including phenoxy) is 1. The van der Waals surface area contributed by atoms with Crippen LogP contribution in [-0.4, -0.2) is 23.3 Å². The first kappa shape index (κ1) is 14.0. The lowest BCUT2D eigenvalue weighted by Crippen LogP contribution is -2.31. The Bertz CT molecular complexity index is 419. The molecule has 1 N–H and O–H groups in total. The van der Waals surface area contributed by atoms with Gasteiger partial charge in [-0.15, -0.1) is 0 Å². The van der Waals surface area contributed by atoms with Gasteiger partial charge in [-0.25, -0.2) is 0 Å². The fraction of sp³-hybridized carbons (Fsp3) is 0.867. The maximum atomic E-state index is 6.11. The van der Waals surface area contributed by atoms with E-state index in [0.29, 0.717) is 6.61 Å². The summed E-state index contributed by atoms with van der Waals surface area (Å²) in [6.45, 7) is 3.79. The van der Waals surface area contributed by atoms with Crippen LogP contribution in [0.1, 0.15) is 76.0 Å². The van der Waals surface area contributed by atoms with Crippen LogP contribution >= 0.6 is 0 Å². The van der Waals surface area contributed by atoms with Crippen LogP contribution in [0.5, 0.6) is 0 Å². The van der Waals surface area contributed by atoms with Gasteiger partial charge in [-0.1, -0.05) is 30.8 Å². The highest BCUT2D eigenvalue weighted by molar-refractivity contribution is 5.05. The third-order valence-electron chi connectivity index (χ3n) is 4.54. The van der Waals surface area contributed by atoms with E-state index in [1.165, 1.54) is 32.1 Å². The van der Waals surface area contributed by atoms with Crippen molar-refractivity contribution < 1.29 is 9.26 Å². The number of hydrogen-bond donors (Lipinski definition) is 1. The largest absolute Gasteiger partial charge is 0.367 e. The molecule has 1 saturated heterocycles. The molecule has 0 radical (unpaired) electrons. The zero-order valence-corrected chi connectivity index (χ0v) is 12.4. The van der Waals surface area contributed by atoms with Crippen molar-refractivity contribution in [1.29, 1.82) is 0 Å². The number of rotatable bonds is 4. The zero-order valence-electron chi connectivity index (χ0n) is 12.4. The molecule has 0 spiro atoms. The summed E-state index contributed by atoms with van der Waals surface area (Å²) in [5, 5.41) is 7.67. The normalized spacial score (nSPS) is 26.6. The molecular formula is C15H25N3O2. The highest BCUT2D eigenvalue weighted by Crippen LogP contribution is 2.38. The van der Waals surface area contributed by atoms with Crippen LogP contribution < -0.4 is 5.32 Å². The van der Waals surface area contributed by atoms with Gasteiger partial charge in [0.15, 0.2) is 0 Å². The Morgan fingerprint density at radius 1 is 1.25 bits per heavy atom. The molecule has 5 heteroatoms. The molecule has 3 rings (SSSR count). The molecule has 2 fully saturated rings. The molecule has 1 aliphatic heterocycles. The van der Waals surface area contributed by atoms with Crippen molar-refractivity contribution >= 4 is 0 Å². The van der Waals surface area contributed by atoms with Gasteiger partial charge in [0.05, 0.1) is 6.04 Å². The molecule has 1 atom stereocenters. The van der Waals surface area contributed by atoms with Gasteiger partial charge < -0.3 is 14.6 Å². The molecule has 1 saturated carbocycles. The maximum Gasteiger partial charge on any atom is 0.243 e. The summed E-state index contributed by atoms with van der Waals surface area (Å²) < 4.78 is 11.6. The Labute approximate surface area is 120 Å². The van der Waals surface area contributed by atoms with Crippen molar-refractivity contribution in [2.75, 3.05) is 13.2 Å². The summed E-state index contributed by atoms with van der Waals surface area (Å²) in [4.78, 5) is 4.68. The second-order valence-electron chi connectivity index (χ2n) is 5.95. The van der Waals surface area contributed by atoms with Crippen molar-refractivity contribution in [1.82, 2.24) is 15.5 Å². The molecule has 0 bridgehead atoms. The third kappa shape index (κ3) is 2.74. The van der Waals surface area contributed by atoms with Gasteiger partial charge in [0, 0.05) is 6.61 Å². The Balaban J connectivity index is 1.82. The van der Waals surface area contributed by atoms with Gasteiger partial charge in [-0.05, 0) is 39.2 Å². The molecule has 1 aliphatic carbocycles. The number of nitrogens with one attached hydrogen (secondary N) is 1. The quantitative estimate of drug-likeness (QED) is 0.858. The van der Waals surface area contributed by atoms with Crippen molar-refractivity contribution in [3.63, 3.8) is 0 Å². The van der Waals surface area contributed by atoms with Crippen molar-refractivity contribution in [3.05, 3.63) is 11.7 Å². The summed E-state index contributed by atoms with van der Waals surface area (Å²) in [6.07, 6.45) is 9.22. The molecule has 0 amide bonds. The number of aromatic nitrogens is 2. The first-order valence-corrected chi connectivity index (χ1v) is 8.05. The summed E-state index contributed by atoms with van der Waals surface area (Å²) >= 11 is 0. The standard InChI is InChI=1S/C15H25N3O2/c1-2-19-15(9-5-3-4-6-10-15)14-17-13(20-18-14)12-8-7-11-16-12/h12,16H,2-11H2,1H3/t12-/m0/s1. The predicted molar refractivity (Wildman–Crippen MR) is 75.3 cm³/mol. The zero-order chi connectivity index (χ0) is 13.8. The molecule has 2 aliphatic rings. The fourth-order valence-corrected chi connectivity index (χ4v) is 3.47. The Kier molecular flexibility index (Phi) is 4.36. The molecule has 112 valence electrons. The Morgan fingerprint density at radius 2 is 2.05 bits per heavy atom. The maximum absolute atomic E-state index is 6.11. The number of nitrogens with zero attached hydrogens (tertiary/aromatic N) is 2.